The van der Waals surface area contributed by atoms with Crippen molar-refractivity contribution in [2.75, 3.05) is 20.8 Å². The van der Waals surface area contributed by atoms with Crippen molar-refractivity contribution in [2.24, 2.45) is 5.73 Å². The van der Waals surface area contributed by atoms with Crippen LogP contribution in [-0.4, -0.2) is 32.7 Å². The molecule has 2 rings (SSSR count). The first-order valence-corrected chi connectivity index (χ1v) is 8.26. The van der Waals surface area contributed by atoms with Gasteiger partial charge in [0.1, 0.15) is 6.61 Å². The predicted molar refractivity (Wildman–Crippen MR) is 99.3 cm³/mol. The molecule has 2 aromatic carbocycles. The van der Waals surface area contributed by atoms with E-state index in [-0.39, 0.29) is 36.0 Å². The third-order valence-corrected chi connectivity index (χ3v) is 3.92. The van der Waals surface area contributed by atoms with Crippen molar-refractivity contribution in [3.63, 3.8) is 0 Å². The quantitative estimate of drug-likeness (QED) is 0.714. The Hall–Kier alpha value is -3.22. The maximum Gasteiger partial charge on any atom is 0.338 e. The summed E-state index contributed by atoms with van der Waals surface area (Å²) in [4.78, 5) is 23.4. The van der Waals surface area contributed by atoms with Crippen molar-refractivity contribution >= 4 is 11.9 Å². The molecule has 27 heavy (non-hydrogen) atoms. The number of ether oxygens (including phenoxy) is 4. The Balaban J connectivity index is 2.22. The van der Waals surface area contributed by atoms with E-state index < -0.39 is 11.9 Å². The van der Waals surface area contributed by atoms with Gasteiger partial charge < -0.3 is 24.7 Å². The molecule has 7 heteroatoms. The van der Waals surface area contributed by atoms with Gasteiger partial charge in [-0.05, 0) is 37.1 Å². The van der Waals surface area contributed by atoms with Crippen LogP contribution in [0.2, 0.25) is 0 Å². The minimum atomic E-state index is -0.642. The number of nitrogens with two attached hydrogens (primary N) is 1. The summed E-state index contributed by atoms with van der Waals surface area (Å²) < 4.78 is 21.2. The summed E-state index contributed by atoms with van der Waals surface area (Å²) >= 11 is 0. The Kier molecular flexibility index (Phi) is 6.65. The molecule has 7 nitrogen and oxygen atoms in total. The highest BCUT2D eigenvalue weighted by Gasteiger charge is 2.19. The number of primary amides is 1. The van der Waals surface area contributed by atoms with E-state index in [9.17, 15) is 9.59 Å². The lowest BCUT2D eigenvalue weighted by Gasteiger charge is -2.15. The molecule has 0 saturated carbocycles. The van der Waals surface area contributed by atoms with Crippen LogP contribution in [0.5, 0.6) is 17.2 Å². The predicted octanol–water partition coefficient (Wildman–Crippen LogP) is 2.54. The van der Waals surface area contributed by atoms with E-state index in [0.717, 1.165) is 16.7 Å². The SMILES string of the molecule is COc1cc(C(=O)OCc2cc(C)ccc2C)cc(OC)c1OCC(N)=O. The molecule has 0 saturated heterocycles. The van der Waals surface area contributed by atoms with Crippen LogP contribution in [0.1, 0.15) is 27.0 Å². The van der Waals surface area contributed by atoms with Gasteiger partial charge in [-0.2, -0.15) is 0 Å². The summed E-state index contributed by atoms with van der Waals surface area (Å²) in [5.74, 6) is -0.529. The van der Waals surface area contributed by atoms with Gasteiger partial charge >= 0.3 is 5.97 Å². The average Bonchev–Trinajstić information content (AvgIpc) is 2.65. The van der Waals surface area contributed by atoms with Gasteiger partial charge in [0.25, 0.3) is 5.91 Å². The second-order valence-electron chi connectivity index (χ2n) is 5.97. The lowest BCUT2D eigenvalue weighted by Crippen LogP contribution is -2.20. The summed E-state index contributed by atoms with van der Waals surface area (Å²) in [6.07, 6.45) is 0. The first-order chi connectivity index (χ1) is 12.8. The Morgan fingerprint density at radius 1 is 1.00 bits per heavy atom. The number of carbonyl (C=O) groups excluding carboxylic acids is 2. The summed E-state index contributed by atoms with van der Waals surface area (Å²) in [5.41, 5.74) is 8.40. The van der Waals surface area contributed by atoms with E-state index in [1.807, 2.05) is 32.0 Å². The van der Waals surface area contributed by atoms with Crippen molar-refractivity contribution in [3.05, 3.63) is 52.6 Å². The van der Waals surface area contributed by atoms with Crippen LogP contribution in [-0.2, 0) is 16.1 Å². The molecule has 0 aliphatic heterocycles. The number of aryl methyl sites for hydroxylation is 2. The van der Waals surface area contributed by atoms with E-state index in [1.54, 1.807) is 0 Å². The average molecular weight is 373 g/mol. The van der Waals surface area contributed by atoms with Gasteiger partial charge in [0.05, 0.1) is 19.8 Å². The fraction of sp³-hybridized carbons (Fsp3) is 0.300. The number of benzene rings is 2. The van der Waals surface area contributed by atoms with Crippen molar-refractivity contribution < 1.29 is 28.5 Å². The summed E-state index contributed by atoms with van der Waals surface area (Å²) in [6, 6.07) is 8.88. The lowest BCUT2D eigenvalue weighted by molar-refractivity contribution is -0.120. The minimum absolute atomic E-state index is 0.150. The highest BCUT2D eigenvalue weighted by Crippen LogP contribution is 2.38. The standard InChI is InChI=1S/C20H23NO6/c1-12-5-6-13(2)15(7-12)10-27-20(23)14-8-16(24-3)19(17(9-14)25-4)26-11-18(21)22/h5-9H,10-11H2,1-4H3,(H2,21,22). The van der Waals surface area contributed by atoms with E-state index >= 15 is 0 Å². The molecule has 0 heterocycles. The molecule has 2 aromatic rings. The molecular formula is C20H23NO6. The second kappa shape index (κ2) is 8.93. The molecule has 0 spiro atoms. The van der Waals surface area contributed by atoms with Gasteiger partial charge in [0.2, 0.25) is 5.75 Å². The number of carbonyl (C=O) groups is 2. The van der Waals surface area contributed by atoms with Crippen molar-refractivity contribution in [1.29, 1.82) is 0 Å². The fourth-order valence-electron chi connectivity index (χ4n) is 2.47. The zero-order chi connectivity index (χ0) is 20.0. The Morgan fingerprint density at radius 2 is 1.63 bits per heavy atom. The van der Waals surface area contributed by atoms with Crippen LogP contribution in [0.3, 0.4) is 0 Å². The molecular weight excluding hydrogens is 350 g/mol. The molecule has 0 aliphatic rings. The van der Waals surface area contributed by atoms with Gasteiger partial charge in [-0.3, -0.25) is 4.79 Å². The fourth-order valence-corrected chi connectivity index (χ4v) is 2.47. The van der Waals surface area contributed by atoms with E-state index in [2.05, 4.69) is 0 Å². The second-order valence-corrected chi connectivity index (χ2v) is 5.97. The van der Waals surface area contributed by atoms with E-state index in [4.69, 9.17) is 24.7 Å². The molecule has 0 bridgehead atoms. The van der Waals surface area contributed by atoms with E-state index in [0.29, 0.717) is 0 Å². The van der Waals surface area contributed by atoms with Crippen LogP contribution < -0.4 is 19.9 Å². The number of esters is 1. The minimum Gasteiger partial charge on any atom is -0.493 e. The maximum absolute atomic E-state index is 12.5. The van der Waals surface area contributed by atoms with Gasteiger partial charge in [0.15, 0.2) is 18.1 Å². The van der Waals surface area contributed by atoms with Gasteiger partial charge in [-0.1, -0.05) is 23.8 Å². The third kappa shape index (κ3) is 5.13. The lowest BCUT2D eigenvalue weighted by atomic mass is 10.1. The summed E-state index contributed by atoms with van der Waals surface area (Å²) in [7, 11) is 2.83. The first-order valence-electron chi connectivity index (χ1n) is 8.26. The normalized spacial score (nSPS) is 10.2. The summed E-state index contributed by atoms with van der Waals surface area (Å²) in [6.45, 7) is 3.74. The zero-order valence-corrected chi connectivity index (χ0v) is 15.8. The molecule has 0 fully saturated rings. The number of hydrogen-bond acceptors (Lipinski definition) is 6. The molecule has 0 aliphatic carbocycles. The topological polar surface area (TPSA) is 97.1 Å². The van der Waals surface area contributed by atoms with Gasteiger partial charge in [-0.15, -0.1) is 0 Å². The number of hydrogen-bond donors (Lipinski definition) is 1. The molecule has 0 unspecified atom stereocenters. The molecule has 144 valence electrons. The zero-order valence-electron chi connectivity index (χ0n) is 15.8. The summed E-state index contributed by atoms with van der Waals surface area (Å²) in [5, 5.41) is 0. The van der Waals surface area contributed by atoms with Crippen molar-refractivity contribution in [3.8, 4) is 17.2 Å². The first kappa shape index (κ1) is 20.1. The third-order valence-electron chi connectivity index (χ3n) is 3.92. The smallest absolute Gasteiger partial charge is 0.338 e. The Morgan fingerprint density at radius 3 is 2.19 bits per heavy atom. The van der Waals surface area contributed by atoms with Crippen LogP contribution in [0.4, 0.5) is 0 Å². The molecule has 2 N–H and O–H groups in total. The molecule has 0 radical (unpaired) electrons. The van der Waals surface area contributed by atoms with Crippen molar-refractivity contribution in [2.45, 2.75) is 20.5 Å². The highest BCUT2D eigenvalue weighted by molar-refractivity contribution is 5.91. The molecule has 0 aromatic heterocycles. The van der Waals surface area contributed by atoms with Crippen LogP contribution in [0.25, 0.3) is 0 Å². The highest BCUT2D eigenvalue weighted by atomic mass is 16.5. The van der Waals surface area contributed by atoms with Crippen molar-refractivity contribution in [1.82, 2.24) is 0 Å². The van der Waals surface area contributed by atoms with Gasteiger partial charge in [-0.25, -0.2) is 4.79 Å². The largest absolute Gasteiger partial charge is 0.493 e. The number of amides is 1. The Labute approximate surface area is 158 Å². The molecule has 0 atom stereocenters. The number of methoxy groups -OCH3 is 2. The monoisotopic (exact) mass is 373 g/mol. The maximum atomic E-state index is 12.5. The van der Waals surface area contributed by atoms with Crippen LogP contribution in [0, 0.1) is 13.8 Å². The molecule has 1 amide bonds. The van der Waals surface area contributed by atoms with Crippen LogP contribution in [0.15, 0.2) is 30.3 Å². The van der Waals surface area contributed by atoms with Gasteiger partial charge in [0, 0.05) is 0 Å². The van der Waals surface area contributed by atoms with Crippen LogP contribution >= 0.6 is 0 Å². The Bertz CT molecular complexity index is 821. The number of rotatable bonds is 8. The van der Waals surface area contributed by atoms with E-state index in [1.165, 1.54) is 26.4 Å².